The van der Waals surface area contributed by atoms with Gasteiger partial charge < -0.3 is 10.6 Å². The molecule has 118 valence electrons. The average Bonchev–Trinajstić information content (AvgIpc) is 2.50. The van der Waals surface area contributed by atoms with Crippen LogP contribution < -0.4 is 10.6 Å². The molecule has 2 N–H and O–H groups in total. The minimum Gasteiger partial charge on any atom is -0.368 e. The van der Waals surface area contributed by atoms with Crippen LogP contribution in [0.1, 0.15) is 57.9 Å². The fourth-order valence-corrected chi connectivity index (χ4v) is 3.62. The van der Waals surface area contributed by atoms with Gasteiger partial charge in [-0.3, -0.25) is 0 Å². The summed E-state index contributed by atoms with van der Waals surface area (Å²) in [6, 6.07) is 7.17. The second-order valence-electron chi connectivity index (χ2n) is 6.24. The molecule has 1 aliphatic rings. The van der Waals surface area contributed by atoms with E-state index in [2.05, 4.69) is 30.9 Å². The molecule has 3 heteroatoms. The number of halogens is 1. The zero-order valence-corrected chi connectivity index (χ0v) is 14.2. The number of piperidine rings is 1. The highest BCUT2D eigenvalue weighted by molar-refractivity contribution is 6.31. The van der Waals surface area contributed by atoms with Gasteiger partial charge in [0.05, 0.1) is 0 Å². The van der Waals surface area contributed by atoms with Crippen molar-refractivity contribution >= 4 is 17.3 Å². The molecule has 1 fully saturated rings. The van der Waals surface area contributed by atoms with Crippen LogP contribution in [0.4, 0.5) is 5.69 Å². The Morgan fingerprint density at radius 1 is 1.33 bits per heavy atom. The Labute approximate surface area is 134 Å². The van der Waals surface area contributed by atoms with E-state index >= 15 is 0 Å². The van der Waals surface area contributed by atoms with Gasteiger partial charge in [0.15, 0.2) is 0 Å². The summed E-state index contributed by atoms with van der Waals surface area (Å²) in [5, 5.41) is 0.872. The van der Waals surface area contributed by atoms with Crippen LogP contribution >= 0.6 is 11.6 Å². The Bertz CT molecular complexity index is 445. The monoisotopic (exact) mass is 308 g/mol. The van der Waals surface area contributed by atoms with Gasteiger partial charge in [-0.05, 0) is 56.2 Å². The Balaban J connectivity index is 2.30. The van der Waals surface area contributed by atoms with E-state index in [0.29, 0.717) is 6.04 Å². The van der Waals surface area contributed by atoms with Crippen LogP contribution in [0.5, 0.6) is 0 Å². The van der Waals surface area contributed by atoms with Gasteiger partial charge in [-0.2, -0.15) is 0 Å². The number of hydrogen-bond acceptors (Lipinski definition) is 2. The summed E-state index contributed by atoms with van der Waals surface area (Å²) in [6.07, 6.45) is 8.32. The molecular formula is C18H29ClN2. The first-order valence-electron chi connectivity index (χ1n) is 8.47. The van der Waals surface area contributed by atoms with E-state index in [9.17, 15) is 0 Å². The van der Waals surface area contributed by atoms with Crippen molar-refractivity contribution < 1.29 is 0 Å². The van der Waals surface area contributed by atoms with E-state index in [1.165, 1.54) is 43.4 Å². The Kier molecular flexibility index (Phi) is 6.38. The quantitative estimate of drug-likeness (QED) is 0.819. The molecule has 1 aromatic carbocycles. The van der Waals surface area contributed by atoms with Gasteiger partial charge in [-0.1, -0.05) is 37.9 Å². The van der Waals surface area contributed by atoms with Crippen molar-refractivity contribution in [1.82, 2.24) is 0 Å². The smallest absolute Gasteiger partial charge is 0.0459 e. The van der Waals surface area contributed by atoms with Crippen molar-refractivity contribution in [2.75, 3.05) is 11.4 Å². The highest BCUT2D eigenvalue weighted by atomic mass is 35.5. The summed E-state index contributed by atoms with van der Waals surface area (Å²) in [5.74, 6) is 0. The largest absolute Gasteiger partial charge is 0.368 e. The summed E-state index contributed by atoms with van der Waals surface area (Å²) in [6.45, 7) is 5.57. The summed E-state index contributed by atoms with van der Waals surface area (Å²) in [4.78, 5) is 2.59. The Morgan fingerprint density at radius 2 is 2.14 bits per heavy atom. The molecule has 1 saturated heterocycles. The number of anilines is 1. The topological polar surface area (TPSA) is 29.3 Å². The summed E-state index contributed by atoms with van der Waals surface area (Å²) >= 11 is 6.49. The number of rotatable bonds is 6. The van der Waals surface area contributed by atoms with Crippen molar-refractivity contribution in [3.05, 3.63) is 28.8 Å². The van der Waals surface area contributed by atoms with Crippen LogP contribution in [0, 0.1) is 0 Å². The molecule has 0 bridgehead atoms. The van der Waals surface area contributed by atoms with Gasteiger partial charge in [-0.15, -0.1) is 0 Å². The van der Waals surface area contributed by atoms with Gasteiger partial charge in [-0.25, -0.2) is 0 Å². The lowest BCUT2D eigenvalue weighted by Crippen LogP contribution is -2.40. The average molecular weight is 309 g/mol. The molecule has 0 amide bonds. The second kappa shape index (κ2) is 8.05. The highest BCUT2D eigenvalue weighted by Gasteiger charge is 2.24. The minimum atomic E-state index is 0.193. The number of nitrogens with zero attached hydrogens (tertiary/aromatic N) is 1. The summed E-state index contributed by atoms with van der Waals surface area (Å²) in [7, 11) is 0. The molecule has 2 atom stereocenters. The lowest BCUT2D eigenvalue weighted by atomic mass is 9.95. The fourth-order valence-electron chi connectivity index (χ4n) is 3.38. The van der Waals surface area contributed by atoms with Crippen LogP contribution in [-0.4, -0.2) is 18.6 Å². The molecule has 0 spiro atoms. The van der Waals surface area contributed by atoms with Gasteiger partial charge in [0.1, 0.15) is 0 Å². The van der Waals surface area contributed by atoms with E-state index < -0.39 is 0 Å². The summed E-state index contributed by atoms with van der Waals surface area (Å²) < 4.78 is 0. The SMILES string of the molecule is CCCC1CCCCN1c1cccc(Cl)c1CC(N)CC. The van der Waals surface area contributed by atoms with E-state index in [0.717, 1.165) is 24.4 Å². The molecular weight excluding hydrogens is 280 g/mol. The third kappa shape index (κ3) is 4.14. The molecule has 2 nitrogen and oxygen atoms in total. The Morgan fingerprint density at radius 3 is 2.86 bits per heavy atom. The first-order valence-corrected chi connectivity index (χ1v) is 8.84. The van der Waals surface area contributed by atoms with Gasteiger partial charge in [0, 0.05) is 29.3 Å². The maximum atomic E-state index is 6.49. The van der Waals surface area contributed by atoms with Crippen LogP contribution in [0.25, 0.3) is 0 Å². The fraction of sp³-hybridized carbons (Fsp3) is 0.667. The third-order valence-corrected chi connectivity index (χ3v) is 5.00. The van der Waals surface area contributed by atoms with Crippen molar-refractivity contribution in [2.45, 2.75) is 70.9 Å². The zero-order chi connectivity index (χ0) is 15.2. The minimum absolute atomic E-state index is 0.193. The molecule has 2 unspecified atom stereocenters. The van der Waals surface area contributed by atoms with E-state index in [1.54, 1.807) is 0 Å². The van der Waals surface area contributed by atoms with E-state index in [-0.39, 0.29) is 6.04 Å². The number of nitrogens with two attached hydrogens (primary N) is 1. The summed E-state index contributed by atoms with van der Waals surface area (Å²) in [5.41, 5.74) is 8.76. The Hall–Kier alpha value is -0.730. The van der Waals surface area contributed by atoms with Crippen LogP contribution in [0.3, 0.4) is 0 Å². The molecule has 2 rings (SSSR count). The molecule has 0 saturated carbocycles. The molecule has 0 aliphatic carbocycles. The molecule has 0 aromatic heterocycles. The van der Waals surface area contributed by atoms with E-state index in [4.69, 9.17) is 17.3 Å². The van der Waals surface area contributed by atoms with Gasteiger partial charge in [0.2, 0.25) is 0 Å². The number of benzene rings is 1. The normalized spacial score (nSPS) is 20.6. The molecule has 1 aromatic rings. The second-order valence-corrected chi connectivity index (χ2v) is 6.65. The lowest BCUT2D eigenvalue weighted by molar-refractivity contribution is 0.433. The highest BCUT2D eigenvalue weighted by Crippen LogP contribution is 2.34. The van der Waals surface area contributed by atoms with Crippen LogP contribution in [0.15, 0.2) is 18.2 Å². The van der Waals surface area contributed by atoms with Crippen molar-refractivity contribution in [1.29, 1.82) is 0 Å². The predicted octanol–water partition coefficient (Wildman–Crippen LogP) is 4.78. The van der Waals surface area contributed by atoms with Crippen LogP contribution in [-0.2, 0) is 6.42 Å². The van der Waals surface area contributed by atoms with E-state index in [1.807, 2.05) is 6.07 Å². The molecule has 0 radical (unpaired) electrons. The lowest BCUT2D eigenvalue weighted by Gasteiger charge is -2.39. The third-order valence-electron chi connectivity index (χ3n) is 4.64. The van der Waals surface area contributed by atoms with Crippen LogP contribution in [0.2, 0.25) is 5.02 Å². The first kappa shape index (κ1) is 16.6. The molecule has 1 heterocycles. The maximum absolute atomic E-state index is 6.49. The maximum Gasteiger partial charge on any atom is 0.0459 e. The van der Waals surface area contributed by atoms with Crippen molar-refractivity contribution in [2.24, 2.45) is 5.73 Å². The van der Waals surface area contributed by atoms with Gasteiger partial charge >= 0.3 is 0 Å². The standard InChI is InChI=1S/C18H29ClN2/c1-3-8-15-9-5-6-12-21(15)18-11-7-10-17(19)16(18)13-14(20)4-2/h7,10-11,14-15H,3-6,8-9,12-13,20H2,1-2H3. The van der Waals surface area contributed by atoms with Crippen molar-refractivity contribution in [3.63, 3.8) is 0 Å². The van der Waals surface area contributed by atoms with Gasteiger partial charge in [0.25, 0.3) is 0 Å². The number of hydrogen-bond donors (Lipinski definition) is 1. The van der Waals surface area contributed by atoms with Crippen molar-refractivity contribution in [3.8, 4) is 0 Å². The molecule has 21 heavy (non-hydrogen) atoms. The first-order chi connectivity index (χ1) is 10.2. The molecule has 1 aliphatic heterocycles. The predicted molar refractivity (Wildman–Crippen MR) is 93.3 cm³/mol. The zero-order valence-electron chi connectivity index (χ0n) is 13.4.